The van der Waals surface area contributed by atoms with Gasteiger partial charge in [-0.2, -0.15) is 0 Å². The van der Waals surface area contributed by atoms with Crippen LogP contribution in [0.1, 0.15) is 85.4 Å². The fourth-order valence-corrected chi connectivity index (χ4v) is 12.1. The fourth-order valence-electron chi connectivity index (χ4n) is 12.1. The van der Waals surface area contributed by atoms with E-state index in [1.807, 2.05) is 6.07 Å². The molecule has 0 radical (unpaired) electrons. The minimum absolute atomic E-state index is 0.00468. The van der Waals surface area contributed by atoms with Gasteiger partial charge in [-0.1, -0.05) is 190 Å². The predicted molar refractivity (Wildman–Crippen MR) is 334 cm³/mol. The monoisotopic (exact) mass is 1010 g/mol. The van der Waals surface area contributed by atoms with Crippen LogP contribution in [0.2, 0.25) is 0 Å². The minimum Gasteiger partial charge on any atom is -0.456 e. The summed E-state index contributed by atoms with van der Waals surface area (Å²) in [7, 11) is 0. The minimum atomic E-state index is -0.190. The first-order chi connectivity index (χ1) is 37.6. The van der Waals surface area contributed by atoms with Gasteiger partial charge in [0.1, 0.15) is 11.2 Å². The van der Waals surface area contributed by atoms with Crippen LogP contribution in [0.15, 0.2) is 229 Å². The first-order valence-electron chi connectivity index (χ1n) is 27.8. The van der Waals surface area contributed by atoms with Crippen LogP contribution in [-0.2, 0) is 16.2 Å². The van der Waals surface area contributed by atoms with E-state index in [0.717, 1.165) is 67.9 Å². The Morgan fingerprint density at radius 2 is 0.987 bits per heavy atom. The Labute approximate surface area is 461 Å². The summed E-state index contributed by atoms with van der Waals surface area (Å²) >= 11 is 0. The van der Waals surface area contributed by atoms with Gasteiger partial charge in [-0.3, -0.25) is 0 Å². The molecule has 11 aromatic rings. The predicted octanol–water partition coefficient (Wildman–Crippen LogP) is 18.8. The zero-order valence-corrected chi connectivity index (χ0v) is 46.4. The van der Waals surface area contributed by atoms with Crippen molar-refractivity contribution in [2.45, 2.75) is 85.0 Å². The molecule has 0 spiro atoms. The standard InChI is InChI=1S/C73H66BN3O/c1-10-73(8,9)52-34-40-63(60(43-52)49-22-14-11-15-23-49)77-64-41-33-51(71(2,3)4)44-62(64)74-61-39-37-57(75(54-24-16-12-17-25-54)55-26-18-13-19-27-55)47-65(61)76(66-45-53(72(5,6)7)46-67(77)70(66)74)56-35-30-48(31-36-56)50-32-38-59-58-28-20-21-29-68(58)78-69(59)42-50/h11-47H,10H2,1-9H3. The van der Waals surface area contributed by atoms with Crippen molar-refractivity contribution in [3.8, 4) is 22.3 Å². The van der Waals surface area contributed by atoms with E-state index in [4.69, 9.17) is 4.42 Å². The molecule has 0 atom stereocenters. The average Bonchev–Trinajstić information content (AvgIpc) is 3.96. The van der Waals surface area contributed by atoms with Gasteiger partial charge in [0.15, 0.2) is 0 Å². The molecule has 382 valence electrons. The molecular weight excluding hydrogens is 946 g/mol. The summed E-state index contributed by atoms with van der Waals surface area (Å²) in [5.41, 5.74) is 24.4. The van der Waals surface area contributed by atoms with Gasteiger partial charge in [0, 0.05) is 61.8 Å². The first kappa shape index (κ1) is 49.1. The van der Waals surface area contributed by atoms with E-state index in [1.54, 1.807) is 0 Å². The van der Waals surface area contributed by atoms with Gasteiger partial charge in [0.25, 0.3) is 6.71 Å². The number of fused-ring (bicyclic) bond motifs is 7. The van der Waals surface area contributed by atoms with Gasteiger partial charge < -0.3 is 19.1 Å². The van der Waals surface area contributed by atoms with Crippen LogP contribution >= 0.6 is 0 Å². The highest BCUT2D eigenvalue weighted by atomic mass is 16.3. The van der Waals surface area contributed by atoms with Crippen molar-refractivity contribution < 1.29 is 4.42 Å². The highest BCUT2D eigenvalue weighted by Gasteiger charge is 2.45. The Hall–Kier alpha value is -8.54. The number of anilines is 9. The lowest BCUT2D eigenvalue weighted by molar-refractivity contribution is 0.506. The van der Waals surface area contributed by atoms with E-state index in [2.05, 4.69) is 295 Å². The van der Waals surface area contributed by atoms with E-state index in [1.165, 1.54) is 67.0 Å². The Kier molecular flexibility index (Phi) is 11.7. The maximum atomic E-state index is 6.42. The molecule has 2 aliphatic rings. The summed E-state index contributed by atoms with van der Waals surface area (Å²) in [5, 5.41) is 2.27. The molecule has 0 bridgehead atoms. The number of para-hydroxylation sites is 3. The van der Waals surface area contributed by atoms with Gasteiger partial charge in [-0.05, 0) is 169 Å². The maximum absolute atomic E-state index is 6.42. The van der Waals surface area contributed by atoms with Crippen LogP contribution < -0.4 is 31.1 Å². The zero-order valence-electron chi connectivity index (χ0n) is 46.4. The summed E-state index contributed by atoms with van der Waals surface area (Å²) in [4.78, 5) is 7.59. The molecule has 0 N–H and O–H groups in total. The third kappa shape index (κ3) is 8.30. The normalized spacial score (nSPS) is 13.2. The number of nitrogens with zero attached hydrogens (tertiary/aromatic N) is 3. The number of furan rings is 1. The molecule has 4 nitrogen and oxygen atoms in total. The first-order valence-corrected chi connectivity index (χ1v) is 27.8. The van der Waals surface area contributed by atoms with E-state index < -0.39 is 0 Å². The third-order valence-corrected chi connectivity index (χ3v) is 16.9. The SMILES string of the molecule is CCC(C)(C)c1ccc(N2c3ccc(C(C)(C)C)cc3B3c4ccc(N(c5ccccc5)c5ccccc5)cc4N(c4ccc(-c5ccc6c(c5)oc5ccccc56)cc4)c4cc(C(C)(C)C)cc2c43)c(-c2ccccc2)c1. The summed E-state index contributed by atoms with van der Waals surface area (Å²) < 4.78 is 6.42. The van der Waals surface area contributed by atoms with Crippen molar-refractivity contribution >= 4 is 96.2 Å². The highest BCUT2D eigenvalue weighted by Crippen LogP contribution is 2.50. The number of hydrogen-bond donors (Lipinski definition) is 0. The van der Waals surface area contributed by atoms with Gasteiger partial charge in [0.2, 0.25) is 0 Å². The van der Waals surface area contributed by atoms with Crippen LogP contribution in [0.4, 0.5) is 51.2 Å². The molecule has 0 saturated carbocycles. The van der Waals surface area contributed by atoms with E-state index in [0.29, 0.717) is 0 Å². The molecular formula is C73H66BN3O. The van der Waals surface area contributed by atoms with Crippen LogP contribution in [0.5, 0.6) is 0 Å². The van der Waals surface area contributed by atoms with E-state index >= 15 is 0 Å². The Balaban J connectivity index is 1.09. The van der Waals surface area contributed by atoms with E-state index in [-0.39, 0.29) is 23.0 Å². The molecule has 13 rings (SSSR count). The smallest absolute Gasteiger partial charge is 0.252 e. The lowest BCUT2D eigenvalue weighted by atomic mass is 9.33. The number of benzene rings is 10. The molecule has 10 aromatic carbocycles. The second-order valence-corrected chi connectivity index (χ2v) is 24.2. The molecule has 5 heteroatoms. The van der Waals surface area contributed by atoms with Crippen molar-refractivity contribution in [2.75, 3.05) is 14.7 Å². The molecule has 1 aromatic heterocycles. The Bertz CT molecular complexity index is 4030. The Morgan fingerprint density at radius 1 is 0.397 bits per heavy atom. The molecule has 3 heterocycles. The largest absolute Gasteiger partial charge is 0.456 e. The fraction of sp³-hybridized carbons (Fsp3) is 0.178. The van der Waals surface area contributed by atoms with Crippen molar-refractivity contribution in [3.05, 3.63) is 241 Å². The maximum Gasteiger partial charge on any atom is 0.252 e. The van der Waals surface area contributed by atoms with Crippen LogP contribution in [0, 0.1) is 0 Å². The topological polar surface area (TPSA) is 22.9 Å². The van der Waals surface area contributed by atoms with Crippen molar-refractivity contribution in [1.82, 2.24) is 0 Å². The van der Waals surface area contributed by atoms with Crippen LogP contribution in [0.25, 0.3) is 44.2 Å². The molecule has 0 saturated heterocycles. The third-order valence-electron chi connectivity index (χ3n) is 16.9. The second-order valence-electron chi connectivity index (χ2n) is 24.2. The van der Waals surface area contributed by atoms with Gasteiger partial charge >= 0.3 is 0 Å². The van der Waals surface area contributed by atoms with Crippen molar-refractivity contribution in [2.24, 2.45) is 0 Å². The summed E-state index contributed by atoms with van der Waals surface area (Å²) in [5.74, 6) is 0. The number of rotatable bonds is 9. The lowest BCUT2D eigenvalue weighted by Crippen LogP contribution is -2.61. The van der Waals surface area contributed by atoms with Crippen molar-refractivity contribution in [3.63, 3.8) is 0 Å². The van der Waals surface area contributed by atoms with Gasteiger partial charge in [-0.25, -0.2) is 0 Å². The molecule has 0 aliphatic carbocycles. The molecule has 0 unspecified atom stereocenters. The molecule has 0 fully saturated rings. The molecule has 78 heavy (non-hydrogen) atoms. The molecule has 0 amide bonds. The Morgan fingerprint density at radius 3 is 1.65 bits per heavy atom. The van der Waals surface area contributed by atoms with Gasteiger partial charge in [0.05, 0.1) is 5.69 Å². The van der Waals surface area contributed by atoms with Crippen LogP contribution in [0.3, 0.4) is 0 Å². The van der Waals surface area contributed by atoms with Gasteiger partial charge in [-0.15, -0.1) is 0 Å². The van der Waals surface area contributed by atoms with E-state index in [9.17, 15) is 0 Å². The van der Waals surface area contributed by atoms with Crippen molar-refractivity contribution in [1.29, 1.82) is 0 Å². The summed E-state index contributed by atoms with van der Waals surface area (Å²) in [6, 6.07) is 83.7. The lowest BCUT2D eigenvalue weighted by Gasteiger charge is -2.46. The average molecular weight is 1010 g/mol. The highest BCUT2D eigenvalue weighted by molar-refractivity contribution is 7.00. The zero-order chi connectivity index (χ0) is 53.7. The summed E-state index contributed by atoms with van der Waals surface area (Å²) in [6.45, 7) is 21.1. The quantitative estimate of drug-likeness (QED) is 0.134. The molecule has 2 aliphatic heterocycles. The van der Waals surface area contributed by atoms with Crippen LogP contribution in [-0.4, -0.2) is 6.71 Å². The summed E-state index contributed by atoms with van der Waals surface area (Å²) in [6.07, 6.45) is 1.04. The number of hydrogen-bond acceptors (Lipinski definition) is 4. The second kappa shape index (κ2) is 18.6.